The smallest absolute Gasteiger partial charge is 0.346 e. The van der Waals surface area contributed by atoms with Crippen LogP contribution in [0.25, 0.3) is 11.4 Å². The molecule has 8 heteroatoms. The quantitative estimate of drug-likeness (QED) is 0.645. The minimum Gasteiger partial charge on any atom is -0.354 e. The molecule has 3 aromatic rings. The highest BCUT2D eigenvalue weighted by Gasteiger charge is 2.30. The molecule has 29 heavy (non-hydrogen) atoms. The summed E-state index contributed by atoms with van der Waals surface area (Å²) >= 11 is 5.95. The summed E-state index contributed by atoms with van der Waals surface area (Å²) in [5, 5.41) is 7.72. The minimum absolute atomic E-state index is 0.117. The number of rotatable bonds is 7. The molecule has 0 saturated heterocycles. The zero-order valence-electron chi connectivity index (χ0n) is 15.6. The van der Waals surface area contributed by atoms with Gasteiger partial charge in [0.2, 0.25) is 5.91 Å². The molecule has 6 nitrogen and oxygen atoms in total. The van der Waals surface area contributed by atoms with Crippen molar-refractivity contribution in [3.8, 4) is 11.4 Å². The molecule has 0 spiro atoms. The first-order valence-electron chi connectivity index (χ1n) is 9.48. The van der Waals surface area contributed by atoms with E-state index in [0.29, 0.717) is 22.8 Å². The third-order valence-electron chi connectivity index (χ3n) is 4.85. The van der Waals surface area contributed by atoms with Crippen molar-refractivity contribution in [1.29, 1.82) is 0 Å². The molecular formula is C21H20ClFN4O2. The lowest BCUT2D eigenvalue weighted by atomic mass is 10.1. The van der Waals surface area contributed by atoms with Gasteiger partial charge in [-0.2, -0.15) is 0 Å². The molecule has 2 aromatic carbocycles. The average molecular weight is 415 g/mol. The van der Waals surface area contributed by atoms with E-state index in [1.165, 1.54) is 10.7 Å². The van der Waals surface area contributed by atoms with Crippen LogP contribution < -0.4 is 11.0 Å². The lowest BCUT2D eigenvalue weighted by molar-refractivity contribution is -0.121. The van der Waals surface area contributed by atoms with Crippen LogP contribution in [-0.2, 0) is 17.8 Å². The highest BCUT2D eigenvalue weighted by molar-refractivity contribution is 6.30. The summed E-state index contributed by atoms with van der Waals surface area (Å²) < 4.78 is 16.5. The van der Waals surface area contributed by atoms with E-state index in [-0.39, 0.29) is 36.5 Å². The van der Waals surface area contributed by atoms with Gasteiger partial charge in [-0.3, -0.25) is 9.36 Å². The Hall–Kier alpha value is -2.93. The number of carbonyl (C=O) groups is 1. The van der Waals surface area contributed by atoms with Gasteiger partial charge in [0.05, 0.1) is 0 Å². The van der Waals surface area contributed by atoms with Crippen LogP contribution in [0.4, 0.5) is 4.39 Å². The van der Waals surface area contributed by atoms with Crippen molar-refractivity contribution in [2.45, 2.75) is 31.8 Å². The molecule has 1 aromatic heterocycles. The van der Waals surface area contributed by atoms with E-state index in [1.54, 1.807) is 34.9 Å². The number of carbonyl (C=O) groups excluding carboxylic acids is 1. The van der Waals surface area contributed by atoms with Crippen LogP contribution >= 0.6 is 11.6 Å². The van der Waals surface area contributed by atoms with Gasteiger partial charge in [-0.1, -0.05) is 29.8 Å². The van der Waals surface area contributed by atoms with Crippen molar-refractivity contribution in [2.24, 2.45) is 0 Å². The van der Waals surface area contributed by atoms with Gasteiger partial charge in [-0.15, -0.1) is 5.10 Å². The van der Waals surface area contributed by atoms with Crippen molar-refractivity contribution in [1.82, 2.24) is 19.7 Å². The Kier molecular flexibility index (Phi) is 5.49. The Bertz CT molecular complexity index is 1090. The first-order valence-corrected chi connectivity index (χ1v) is 9.86. The van der Waals surface area contributed by atoms with Gasteiger partial charge in [-0.25, -0.2) is 13.9 Å². The molecule has 4 rings (SSSR count). The average Bonchev–Trinajstić information content (AvgIpc) is 3.49. The molecule has 1 N–H and O–H groups in total. The summed E-state index contributed by atoms with van der Waals surface area (Å²) in [5.74, 6) is -0.103. The maximum absolute atomic E-state index is 13.6. The van der Waals surface area contributed by atoms with E-state index in [0.717, 1.165) is 18.4 Å². The Labute approximate surface area is 171 Å². The van der Waals surface area contributed by atoms with Gasteiger partial charge >= 0.3 is 5.69 Å². The van der Waals surface area contributed by atoms with Crippen LogP contribution in [0.15, 0.2) is 53.3 Å². The van der Waals surface area contributed by atoms with Crippen molar-refractivity contribution >= 4 is 17.5 Å². The molecule has 1 aliphatic carbocycles. The molecule has 0 bridgehead atoms. The van der Waals surface area contributed by atoms with Gasteiger partial charge in [-0.05, 0) is 55.2 Å². The van der Waals surface area contributed by atoms with Crippen LogP contribution in [0.2, 0.25) is 5.02 Å². The largest absolute Gasteiger partial charge is 0.354 e. The molecule has 1 fully saturated rings. The summed E-state index contributed by atoms with van der Waals surface area (Å²) in [6.07, 6.45) is 2.21. The predicted molar refractivity (Wildman–Crippen MR) is 108 cm³/mol. The fraction of sp³-hybridized carbons (Fsp3) is 0.286. The SMILES string of the molecule is O=C(Cn1nc(-c2ccc(Cl)cc2)n(C2CC2)c1=O)NCCc1ccccc1F. The van der Waals surface area contributed by atoms with E-state index < -0.39 is 0 Å². The molecule has 1 heterocycles. The normalized spacial score (nSPS) is 13.4. The predicted octanol–water partition coefficient (Wildman–Crippen LogP) is 3.20. The summed E-state index contributed by atoms with van der Waals surface area (Å²) in [6, 6.07) is 13.7. The van der Waals surface area contributed by atoms with Crippen molar-refractivity contribution in [2.75, 3.05) is 6.54 Å². The molecule has 1 amide bonds. The number of hydrogen-bond acceptors (Lipinski definition) is 3. The van der Waals surface area contributed by atoms with E-state index in [2.05, 4.69) is 10.4 Å². The van der Waals surface area contributed by atoms with Crippen LogP contribution in [0.3, 0.4) is 0 Å². The zero-order chi connectivity index (χ0) is 20.4. The van der Waals surface area contributed by atoms with Crippen LogP contribution in [-0.4, -0.2) is 26.8 Å². The first kappa shape index (κ1) is 19.4. The fourth-order valence-corrected chi connectivity index (χ4v) is 3.34. The van der Waals surface area contributed by atoms with E-state index >= 15 is 0 Å². The number of hydrogen-bond donors (Lipinski definition) is 1. The third kappa shape index (κ3) is 4.40. The number of halogens is 2. The van der Waals surface area contributed by atoms with Gasteiger partial charge in [0, 0.05) is 23.2 Å². The second-order valence-electron chi connectivity index (χ2n) is 7.06. The topological polar surface area (TPSA) is 68.9 Å². The molecule has 0 aliphatic heterocycles. The lowest BCUT2D eigenvalue weighted by Crippen LogP contribution is -2.34. The molecule has 0 radical (unpaired) electrons. The van der Waals surface area contributed by atoms with Crippen molar-refractivity contribution in [3.63, 3.8) is 0 Å². The Morgan fingerprint density at radius 1 is 1.17 bits per heavy atom. The number of nitrogens with one attached hydrogen (secondary N) is 1. The standard InChI is InChI=1S/C21H20ClFN4O2/c22-16-7-5-15(6-8-16)20-25-26(21(29)27(20)17-9-10-17)13-19(28)24-12-11-14-3-1-2-4-18(14)23/h1-8,17H,9-13H2,(H,24,28). The number of aromatic nitrogens is 3. The molecule has 1 aliphatic rings. The van der Waals surface area contributed by atoms with Gasteiger partial charge in [0.15, 0.2) is 5.82 Å². The maximum Gasteiger partial charge on any atom is 0.346 e. The Morgan fingerprint density at radius 2 is 1.90 bits per heavy atom. The van der Waals surface area contributed by atoms with Crippen molar-refractivity contribution in [3.05, 3.63) is 75.4 Å². The van der Waals surface area contributed by atoms with Gasteiger partial charge in [0.25, 0.3) is 0 Å². The lowest BCUT2D eigenvalue weighted by Gasteiger charge is -2.05. The molecule has 0 unspecified atom stereocenters. The number of amides is 1. The van der Waals surface area contributed by atoms with Crippen LogP contribution in [0.1, 0.15) is 24.4 Å². The maximum atomic E-state index is 13.6. The van der Waals surface area contributed by atoms with E-state index in [4.69, 9.17) is 11.6 Å². The van der Waals surface area contributed by atoms with Crippen molar-refractivity contribution < 1.29 is 9.18 Å². The third-order valence-corrected chi connectivity index (χ3v) is 5.10. The van der Waals surface area contributed by atoms with Crippen LogP contribution in [0, 0.1) is 5.82 Å². The van der Waals surface area contributed by atoms with E-state index in [9.17, 15) is 14.0 Å². The Balaban J connectivity index is 1.46. The number of benzene rings is 2. The summed E-state index contributed by atoms with van der Waals surface area (Å²) in [6.45, 7) is 0.0955. The molecule has 0 atom stereocenters. The van der Waals surface area contributed by atoms with Gasteiger partial charge in [0.1, 0.15) is 12.4 Å². The van der Waals surface area contributed by atoms with Gasteiger partial charge < -0.3 is 5.32 Å². The second-order valence-corrected chi connectivity index (χ2v) is 7.50. The summed E-state index contributed by atoms with van der Waals surface area (Å²) in [5.41, 5.74) is 1.01. The highest BCUT2D eigenvalue weighted by Crippen LogP contribution is 2.36. The zero-order valence-corrected chi connectivity index (χ0v) is 16.4. The minimum atomic E-state index is -0.341. The van der Waals surface area contributed by atoms with E-state index in [1.807, 2.05) is 12.1 Å². The highest BCUT2D eigenvalue weighted by atomic mass is 35.5. The fourth-order valence-electron chi connectivity index (χ4n) is 3.21. The number of nitrogens with zero attached hydrogens (tertiary/aromatic N) is 3. The summed E-state index contributed by atoms with van der Waals surface area (Å²) in [7, 11) is 0. The molecular weight excluding hydrogens is 395 g/mol. The monoisotopic (exact) mass is 414 g/mol. The first-order chi connectivity index (χ1) is 14.0. The Morgan fingerprint density at radius 3 is 2.59 bits per heavy atom. The molecule has 150 valence electrons. The second kappa shape index (κ2) is 8.21. The molecule has 1 saturated carbocycles. The van der Waals surface area contributed by atoms with Crippen LogP contribution in [0.5, 0.6) is 0 Å². The summed E-state index contributed by atoms with van der Waals surface area (Å²) in [4.78, 5) is 25.1.